The van der Waals surface area contributed by atoms with E-state index in [9.17, 15) is 9.18 Å². The molecule has 0 saturated carbocycles. The highest BCUT2D eigenvalue weighted by Crippen LogP contribution is 2.27. The number of aromatic nitrogens is 1. The van der Waals surface area contributed by atoms with Crippen molar-refractivity contribution in [3.8, 4) is 11.3 Å². The fourth-order valence-corrected chi connectivity index (χ4v) is 3.01. The third-order valence-corrected chi connectivity index (χ3v) is 4.36. The van der Waals surface area contributed by atoms with E-state index in [-0.39, 0.29) is 11.5 Å². The topological polar surface area (TPSA) is 44.9 Å². The van der Waals surface area contributed by atoms with Crippen molar-refractivity contribution in [2.45, 2.75) is 0 Å². The van der Waals surface area contributed by atoms with Crippen molar-refractivity contribution in [2.75, 3.05) is 5.32 Å². The predicted octanol–water partition coefficient (Wildman–Crippen LogP) is 5.88. The summed E-state index contributed by atoms with van der Waals surface area (Å²) in [5.41, 5.74) is 3.88. The molecule has 0 fully saturated rings. The molecular formula is C21H14ClFN2O. The van der Waals surface area contributed by atoms with E-state index in [1.165, 1.54) is 18.2 Å². The van der Waals surface area contributed by atoms with Crippen LogP contribution in [0.1, 0.15) is 10.4 Å². The molecule has 4 rings (SSSR count). The molecule has 0 atom stereocenters. The normalized spacial score (nSPS) is 10.8. The first-order valence-electron chi connectivity index (χ1n) is 8.04. The Balaban J connectivity index is 1.55. The molecule has 0 aliphatic heterocycles. The fraction of sp³-hybridized carbons (Fsp3) is 0. The second-order valence-corrected chi connectivity index (χ2v) is 6.39. The van der Waals surface area contributed by atoms with Gasteiger partial charge in [0.25, 0.3) is 5.91 Å². The number of hydrogen-bond donors (Lipinski definition) is 2. The monoisotopic (exact) mass is 364 g/mol. The molecule has 26 heavy (non-hydrogen) atoms. The lowest BCUT2D eigenvalue weighted by atomic mass is 10.1. The number of anilines is 1. The maximum absolute atomic E-state index is 13.2. The van der Waals surface area contributed by atoms with Crippen LogP contribution in [0.25, 0.3) is 22.2 Å². The zero-order valence-electron chi connectivity index (χ0n) is 13.6. The van der Waals surface area contributed by atoms with Crippen molar-refractivity contribution >= 4 is 34.1 Å². The van der Waals surface area contributed by atoms with Crippen LogP contribution in [-0.4, -0.2) is 10.9 Å². The highest BCUT2D eigenvalue weighted by Gasteiger charge is 2.08. The van der Waals surface area contributed by atoms with E-state index in [2.05, 4.69) is 10.3 Å². The maximum atomic E-state index is 13.2. The Hall–Kier alpha value is -3.11. The lowest BCUT2D eigenvalue weighted by molar-refractivity contribution is 0.102. The van der Waals surface area contributed by atoms with Crippen molar-refractivity contribution in [3.63, 3.8) is 0 Å². The average Bonchev–Trinajstić information content (AvgIpc) is 3.05. The molecule has 5 heteroatoms. The molecule has 128 valence electrons. The van der Waals surface area contributed by atoms with Crippen LogP contribution in [0.15, 0.2) is 72.8 Å². The molecule has 0 unspecified atom stereocenters. The van der Waals surface area contributed by atoms with Crippen molar-refractivity contribution in [2.24, 2.45) is 0 Å². The Kier molecular flexibility index (Phi) is 4.19. The van der Waals surface area contributed by atoms with Crippen LogP contribution in [0.3, 0.4) is 0 Å². The predicted molar refractivity (Wildman–Crippen MR) is 103 cm³/mol. The zero-order chi connectivity index (χ0) is 18.1. The standard InChI is InChI=1S/C21H14ClFN2O/c22-16-6-9-19-15(10-16)12-20(25-19)13-4-7-18(8-5-13)24-21(26)14-2-1-3-17(23)11-14/h1-12,25H,(H,24,26). The van der Waals surface area contributed by atoms with Crippen molar-refractivity contribution in [1.29, 1.82) is 0 Å². The SMILES string of the molecule is O=C(Nc1ccc(-c2cc3cc(Cl)ccc3[nH]2)cc1)c1cccc(F)c1. The number of amides is 1. The minimum atomic E-state index is -0.438. The van der Waals surface area contributed by atoms with Crippen molar-refractivity contribution in [1.82, 2.24) is 4.98 Å². The number of carbonyl (C=O) groups excluding carboxylic acids is 1. The number of benzene rings is 3. The van der Waals surface area contributed by atoms with Crippen molar-refractivity contribution in [3.05, 3.63) is 89.2 Å². The van der Waals surface area contributed by atoms with Gasteiger partial charge in [0.05, 0.1) is 0 Å². The van der Waals surface area contributed by atoms with Gasteiger partial charge in [0.1, 0.15) is 5.82 Å². The van der Waals surface area contributed by atoms with Crippen LogP contribution in [0.5, 0.6) is 0 Å². The summed E-state index contributed by atoms with van der Waals surface area (Å²) in [6, 6.07) is 20.8. The largest absolute Gasteiger partial charge is 0.355 e. The first-order chi connectivity index (χ1) is 12.6. The zero-order valence-corrected chi connectivity index (χ0v) is 14.3. The van der Waals surface area contributed by atoms with Gasteiger partial charge in [0.15, 0.2) is 0 Å². The van der Waals surface area contributed by atoms with E-state index >= 15 is 0 Å². The summed E-state index contributed by atoms with van der Waals surface area (Å²) in [5, 5.41) is 4.50. The smallest absolute Gasteiger partial charge is 0.255 e. The van der Waals surface area contributed by atoms with E-state index in [4.69, 9.17) is 11.6 Å². The minimum Gasteiger partial charge on any atom is -0.355 e. The summed E-state index contributed by atoms with van der Waals surface area (Å²) in [7, 11) is 0. The molecule has 0 aliphatic rings. The van der Waals surface area contributed by atoms with Gasteiger partial charge in [0, 0.05) is 32.9 Å². The molecule has 4 aromatic rings. The quantitative estimate of drug-likeness (QED) is 0.468. The molecule has 0 spiro atoms. The third-order valence-electron chi connectivity index (χ3n) is 4.12. The molecule has 0 saturated heterocycles. The summed E-state index contributed by atoms with van der Waals surface area (Å²) in [6.45, 7) is 0. The lowest BCUT2D eigenvalue weighted by Gasteiger charge is -2.06. The van der Waals surface area contributed by atoms with Crippen LogP contribution in [0.2, 0.25) is 5.02 Å². The third kappa shape index (κ3) is 3.32. The minimum absolute atomic E-state index is 0.279. The highest BCUT2D eigenvalue weighted by molar-refractivity contribution is 6.31. The maximum Gasteiger partial charge on any atom is 0.255 e. The van der Waals surface area contributed by atoms with Gasteiger partial charge in [0.2, 0.25) is 0 Å². The number of carbonyl (C=O) groups is 1. The molecule has 1 heterocycles. The number of aromatic amines is 1. The Bertz CT molecular complexity index is 1100. The van der Waals surface area contributed by atoms with Gasteiger partial charge in [-0.25, -0.2) is 4.39 Å². The van der Waals surface area contributed by atoms with E-state index in [0.29, 0.717) is 10.7 Å². The number of hydrogen-bond acceptors (Lipinski definition) is 1. The van der Waals surface area contributed by atoms with Crippen LogP contribution < -0.4 is 5.32 Å². The summed E-state index contributed by atoms with van der Waals surface area (Å²) >= 11 is 6.03. The number of fused-ring (bicyclic) bond motifs is 1. The van der Waals surface area contributed by atoms with Gasteiger partial charge in [-0.15, -0.1) is 0 Å². The molecule has 0 bridgehead atoms. The summed E-state index contributed by atoms with van der Waals surface area (Å²) in [5.74, 6) is -0.788. The van der Waals surface area contributed by atoms with Gasteiger partial charge in [-0.2, -0.15) is 0 Å². The molecular weight excluding hydrogens is 351 g/mol. The van der Waals surface area contributed by atoms with Crippen molar-refractivity contribution < 1.29 is 9.18 Å². The molecule has 1 aromatic heterocycles. The van der Waals surface area contributed by atoms with E-state index < -0.39 is 5.82 Å². The van der Waals surface area contributed by atoms with Gasteiger partial charge in [-0.05, 0) is 60.2 Å². The second-order valence-electron chi connectivity index (χ2n) is 5.96. The van der Waals surface area contributed by atoms with Crippen LogP contribution in [-0.2, 0) is 0 Å². The summed E-state index contributed by atoms with van der Waals surface area (Å²) in [4.78, 5) is 15.5. The molecule has 3 nitrogen and oxygen atoms in total. The van der Waals surface area contributed by atoms with E-state index in [1.54, 1.807) is 6.07 Å². The van der Waals surface area contributed by atoms with Gasteiger partial charge in [-0.1, -0.05) is 29.8 Å². The number of nitrogens with one attached hydrogen (secondary N) is 2. The fourth-order valence-electron chi connectivity index (χ4n) is 2.83. The van der Waals surface area contributed by atoms with Gasteiger partial charge >= 0.3 is 0 Å². The van der Waals surface area contributed by atoms with E-state index in [0.717, 1.165) is 22.2 Å². The van der Waals surface area contributed by atoms with Gasteiger partial charge in [-0.3, -0.25) is 4.79 Å². The summed E-state index contributed by atoms with van der Waals surface area (Å²) < 4.78 is 13.2. The molecule has 0 aliphatic carbocycles. The van der Waals surface area contributed by atoms with Gasteiger partial charge < -0.3 is 10.3 Å². The Morgan fingerprint density at radius 3 is 2.54 bits per heavy atom. The Morgan fingerprint density at radius 1 is 0.962 bits per heavy atom. The van der Waals surface area contributed by atoms with Crippen LogP contribution in [0, 0.1) is 5.82 Å². The highest BCUT2D eigenvalue weighted by atomic mass is 35.5. The summed E-state index contributed by atoms with van der Waals surface area (Å²) in [6.07, 6.45) is 0. The number of H-pyrrole nitrogens is 1. The molecule has 0 radical (unpaired) electrons. The second kappa shape index (κ2) is 6.65. The Labute approximate surface area is 154 Å². The Morgan fingerprint density at radius 2 is 1.77 bits per heavy atom. The lowest BCUT2D eigenvalue weighted by Crippen LogP contribution is -2.11. The molecule has 1 amide bonds. The van der Waals surface area contributed by atoms with Crippen LogP contribution >= 0.6 is 11.6 Å². The first-order valence-corrected chi connectivity index (χ1v) is 8.42. The first kappa shape index (κ1) is 16.4. The number of halogens is 2. The molecule has 3 aromatic carbocycles. The average molecular weight is 365 g/mol. The van der Waals surface area contributed by atoms with Crippen LogP contribution in [0.4, 0.5) is 10.1 Å². The number of rotatable bonds is 3. The molecule has 2 N–H and O–H groups in total. The van der Waals surface area contributed by atoms with E-state index in [1.807, 2.05) is 48.5 Å².